The van der Waals surface area contributed by atoms with Crippen molar-refractivity contribution in [3.63, 3.8) is 0 Å². The highest BCUT2D eigenvalue weighted by Crippen LogP contribution is 2.37. The second-order valence-corrected chi connectivity index (χ2v) is 7.12. The third-order valence-corrected chi connectivity index (χ3v) is 5.18. The molecule has 0 fully saturated rings. The van der Waals surface area contributed by atoms with Crippen molar-refractivity contribution in [2.75, 3.05) is 26.6 Å². The largest absolute Gasteiger partial charge is 0.496 e. The maximum Gasteiger partial charge on any atom is 0.162 e. The Morgan fingerprint density at radius 1 is 1.00 bits per heavy atom. The van der Waals surface area contributed by atoms with Crippen molar-refractivity contribution in [2.45, 2.75) is 13.8 Å². The van der Waals surface area contributed by atoms with Gasteiger partial charge in [-0.25, -0.2) is 0 Å². The molecule has 0 bridgehead atoms. The maximum absolute atomic E-state index is 9.48. The molecule has 0 atom stereocenters. The highest BCUT2D eigenvalue weighted by molar-refractivity contribution is 5.82. The second kappa shape index (κ2) is 7.95. The van der Waals surface area contributed by atoms with Crippen LogP contribution in [0.1, 0.15) is 16.7 Å². The minimum Gasteiger partial charge on any atom is -0.496 e. The van der Waals surface area contributed by atoms with E-state index in [2.05, 4.69) is 21.5 Å². The first-order chi connectivity index (χ1) is 15.0. The van der Waals surface area contributed by atoms with Gasteiger partial charge in [-0.3, -0.25) is 0 Å². The number of hydrogen-bond acceptors (Lipinski definition) is 6. The molecular weight excluding hydrogens is 394 g/mol. The Morgan fingerprint density at radius 3 is 2.32 bits per heavy atom. The Balaban J connectivity index is 1.89. The quantitative estimate of drug-likeness (QED) is 0.476. The molecule has 4 aromatic rings. The number of fused-ring (bicyclic) bond motifs is 1. The number of H-pyrrole nitrogens is 1. The van der Waals surface area contributed by atoms with Crippen LogP contribution in [0.25, 0.3) is 16.9 Å². The van der Waals surface area contributed by atoms with E-state index in [0.717, 1.165) is 33.8 Å². The summed E-state index contributed by atoms with van der Waals surface area (Å²) in [6.07, 6.45) is 1.54. The smallest absolute Gasteiger partial charge is 0.162 e. The van der Waals surface area contributed by atoms with Gasteiger partial charge in [-0.1, -0.05) is 0 Å². The monoisotopic (exact) mass is 417 g/mol. The van der Waals surface area contributed by atoms with Gasteiger partial charge in [0, 0.05) is 17.3 Å². The molecule has 31 heavy (non-hydrogen) atoms. The number of rotatable bonds is 6. The lowest BCUT2D eigenvalue weighted by Crippen LogP contribution is -1.99. The first-order valence-corrected chi connectivity index (χ1v) is 9.65. The minimum absolute atomic E-state index is 0.462. The number of nitrogens with zero attached hydrogens (tertiary/aromatic N) is 3. The van der Waals surface area contributed by atoms with Gasteiger partial charge in [0.05, 0.1) is 33.2 Å². The topological polar surface area (TPSA) is 96.6 Å². The van der Waals surface area contributed by atoms with Crippen LogP contribution in [0.2, 0.25) is 0 Å². The molecule has 8 nitrogen and oxygen atoms in total. The molecule has 2 aromatic carbocycles. The number of anilines is 2. The van der Waals surface area contributed by atoms with E-state index in [1.165, 1.54) is 0 Å². The number of imidazole rings is 1. The molecule has 0 spiro atoms. The van der Waals surface area contributed by atoms with Crippen molar-refractivity contribution in [1.82, 2.24) is 14.6 Å². The van der Waals surface area contributed by atoms with E-state index in [1.807, 2.05) is 44.2 Å². The van der Waals surface area contributed by atoms with E-state index in [1.54, 1.807) is 32.0 Å². The van der Waals surface area contributed by atoms with Crippen LogP contribution in [-0.2, 0) is 0 Å². The molecule has 0 amide bonds. The second-order valence-electron chi connectivity index (χ2n) is 7.12. The molecule has 0 saturated carbocycles. The lowest BCUT2D eigenvalue weighted by Gasteiger charge is -2.14. The van der Waals surface area contributed by atoms with Crippen LogP contribution in [0.3, 0.4) is 0 Å². The standard InChI is InChI=1S/C23H23N5O3/c1-13-8-15(9-14(2)21(13)31-5)20-23(28-22(27-20)16(11-24)12-25-28)26-17-6-7-18(29-3)19(10-17)30-4/h6-10,12,26-27H,1-5H3. The Bertz CT molecular complexity index is 1290. The van der Waals surface area contributed by atoms with Crippen molar-refractivity contribution in [1.29, 1.82) is 5.26 Å². The van der Waals surface area contributed by atoms with Crippen molar-refractivity contribution in [3.8, 4) is 34.6 Å². The average molecular weight is 417 g/mol. The molecule has 2 aromatic heterocycles. The summed E-state index contributed by atoms with van der Waals surface area (Å²) in [5.74, 6) is 2.80. The molecule has 0 aliphatic heterocycles. The predicted octanol–water partition coefficient (Wildman–Crippen LogP) is 4.59. The summed E-state index contributed by atoms with van der Waals surface area (Å²) < 4.78 is 18.0. The summed E-state index contributed by atoms with van der Waals surface area (Å²) in [6.45, 7) is 4.01. The molecule has 0 saturated heterocycles. The van der Waals surface area contributed by atoms with E-state index in [4.69, 9.17) is 14.2 Å². The van der Waals surface area contributed by atoms with Gasteiger partial charge >= 0.3 is 0 Å². The minimum atomic E-state index is 0.462. The number of benzene rings is 2. The molecule has 8 heteroatoms. The fourth-order valence-electron chi connectivity index (χ4n) is 3.80. The molecule has 0 radical (unpaired) electrons. The first kappa shape index (κ1) is 20.2. The zero-order chi connectivity index (χ0) is 22.1. The van der Waals surface area contributed by atoms with Gasteiger partial charge in [-0.15, -0.1) is 0 Å². The molecule has 0 aliphatic rings. The molecular formula is C23H23N5O3. The predicted molar refractivity (Wildman–Crippen MR) is 119 cm³/mol. The Labute approximate surface area is 180 Å². The normalized spacial score (nSPS) is 10.7. The van der Waals surface area contributed by atoms with Gasteiger partial charge in [-0.2, -0.15) is 14.9 Å². The number of methoxy groups -OCH3 is 3. The Hall–Kier alpha value is -4.12. The van der Waals surface area contributed by atoms with Gasteiger partial charge in [0.25, 0.3) is 0 Å². The van der Waals surface area contributed by atoms with E-state index in [-0.39, 0.29) is 0 Å². The molecule has 2 heterocycles. The first-order valence-electron chi connectivity index (χ1n) is 9.65. The number of nitriles is 1. The summed E-state index contributed by atoms with van der Waals surface area (Å²) in [5, 5.41) is 17.3. The summed E-state index contributed by atoms with van der Waals surface area (Å²) in [4.78, 5) is 3.36. The third kappa shape index (κ3) is 3.40. The highest BCUT2D eigenvalue weighted by atomic mass is 16.5. The van der Waals surface area contributed by atoms with Crippen molar-refractivity contribution in [2.24, 2.45) is 0 Å². The van der Waals surface area contributed by atoms with Crippen molar-refractivity contribution >= 4 is 17.2 Å². The average Bonchev–Trinajstić information content (AvgIpc) is 3.33. The fraction of sp³-hybridized carbons (Fsp3) is 0.217. The van der Waals surface area contributed by atoms with Gasteiger partial charge in [0.2, 0.25) is 0 Å². The van der Waals surface area contributed by atoms with Crippen LogP contribution in [0.4, 0.5) is 11.5 Å². The van der Waals surface area contributed by atoms with Crippen LogP contribution in [0, 0.1) is 25.2 Å². The van der Waals surface area contributed by atoms with Crippen molar-refractivity contribution < 1.29 is 14.2 Å². The number of aromatic nitrogens is 3. The zero-order valence-electron chi connectivity index (χ0n) is 18.0. The van der Waals surface area contributed by atoms with Crippen LogP contribution >= 0.6 is 0 Å². The number of aromatic amines is 1. The van der Waals surface area contributed by atoms with Gasteiger partial charge in [-0.05, 0) is 49.2 Å². The SMILES string of the molecule is COc1ccc(Nc2c(-c3cc(C)c(OC)c(C)c3)[nH]c3c(C#N)cnn23)cc1OC. The number of nitrogens with one attached hydrogen (secondary N) is 2. The zero-order valence-corrected chi connectivity index (χ0v) is 18.0. The highest BCUT2D eigenvalue weighted by Gasteiger charge is 2.19. The van der Waals surface area contributed by atoms with E-state index in [9.17, 15) is 5.26 Å². The Morgan fingerprint density at radius 2 is 1.71 bits per heavy atom. The van der Waals surface area contributed by atoms with Crippen LogP contribution in [0.15, 0.2) is 36.5 Å². The number of aryl methyl sites for hydroxylation is 2. The summed E-state index contributed by atoms with van der Waals surface area (Å²) in [5.41, 5.74) is 5.66. The fourth-order valence-corrected chi connectivity index (χ4v) is 3.80. The number of hydrogen-bond donors (Lipinski definition) is 2. The summed E-state index contributed by atoms with van der Waals surface area (Å²) in [6, 6.07) is 11.8. The molecule has 158 valence electrons. The third-order valence-electron chi connectivity index (χ3n) is 5.18. The summed E-state index contributed by atoms with van der Waals surface area (Å²) in [7, 11) is 4.86. The maximum atomic E-state index is 9.48. The van der Waals surface area contributed by atoms with Crippen molar-refractivity contribution in [3.05, 3.63) is 53.2 Å². The molecule has 4 rings (SSSR count). The molecule has 2 N–H and O–H groups in total. The number of ether oxygens (including phenoxy) is 3. The van der Waals surface area contributed by atoms with Gasteiger partial charge in [0.1, 0.15) is 17.4 Å². The summed E-state index contributed by atoms with van der Waals surface area (Å²) >= 11 is 0. The van der Waals surface area contributed by atoms with Crippen LogP contribution < -0.4 is 19.5 Å². The lowest BCUT2D eigenvalue weighted by atomic mass is 10.0. The van der Waals surface area contributed by atoms with E-state index in [0.29, 0.717) is 28.5 Å². The van der Waals surface area contributed by atoms with Crippen LogP contribution in [0.5, 0.6) is 17.2 Å². The lowest BCUT2D eigenvalue weighted by molar-refractivity contribution is 0.355. The van der Waals surface area contributed by atoms with Gasteiger partial charge in [0.15, 0.2) is 23.0 Å². The molecule has 0 unspecified atom stereocenters. The molecule has 0 aliphatic carbocycles. The van der Waals surface area contributed by atoms with E-state index >= 15 is 0 Å². The Kier molecular flexibility index (Phi) is 5.17. The van der Waals surface area contributed by atoms with Gasteiger partial charge < -0.3 is 24.5 Å². The van der Waals surface area contributed by atoms with Crippen LogP contribution in [-0.4, -0.2) is 35.9 Å². The van der Waals surface area contributed by atoms with E-state index < -0.39 is 0 Å².